The van der Waals surface area contributed by atoms with E-state index < -0.39 is 0 Å². The van der Waals surface area contributed by atoms with Gasteiger partial charge in [-0.05, 0) is 30.3 Å². The highest BCUT2D eigenvalue weighted by molar-refractivity contribution is 9.10. The van der Waals surface area contributed by atoms with Crippen molar-refractivity contribution in [3.05, 3.63) is 62.4 Å². The monoisotopic (exact) mass is 553 g/mol. The van der Waals surface area contributed by atoms with Crippen LogP contribution in [0.15, 0.2) is 57.5 Å². The van der Waals surface area contributed by atoms with Crippen LogP contribution in [-0.4, -0.2) is 31.4 Å². The largest absolute Gasteiger partial charge is 0.305 e. The van der Waals surface area contributed by atoms with E-state index in [2.05, 4.69) is 36.4 Å². The summed E-state index contributed by atoms with van der Waals surface area (Å²) < 4.78 is 2.80. The Balaban J connectivity index is 1.38. The van der Waals surface area contributed by atoms with Crippen LogP contribution in [0.25, 0.3) is 22.6 Å². The summed E-state index contributed by atoms with van der Waals surface area (Å²) in [4.78, 5) is 16.9. The zero-order valence-electron chi connectivity index (χ0n) is 16.0. The fourth-order valence-electron chi connectivity index (χ4n) is 2.72. The molecule has 11 heteroatoms. The minimum absolute atomic E-state index is 0.171. The van der Waals surface area contributed by atoms with Gasteiger partial charge in [-0.1, -0.05) is 63.0 Å². The molecular weight excluding hydrogens is 541 g/mol. The molecule has 4 aromatic rings. The molecule has 1 N–H and O–H groups in total. The van der Waals surface area contributed by atoms with Crippen molar-refractivity contribution in [2.75, 3.05) is 11.1 Å². The van der Waals surface area contributed by atoms with Gasteiger partial charge in [0.2, 0.25) is 5.91 Å². The van der Waals surface area contributed by atoms with Crippen molar-refractivity contribution in [2.45, 2.75) is 5.16 Å². The van der Waals surface area contributed by atoms with E-state index in [0.717, 1.165) is 21.3 Å². The molecule has 2 heterocycles. The number of hydrogen-bond donors (Lipinski definition) is 1. The van der Waals surface area contributed by atoms with Crippen molar-refractivity contribution in [3.63, 3.8) is 0 Å². The zero-order valence-corrected chi connectivity index (χ0v) is 20.7. The van der Waals surface area contributed by atoms with Crippen LogP contribution in [0.1, 0.15) is 0 Å². The third kappa shape index (κ3) is 5.30. The first-order valence-corrected chi connectivity index (χ1v) is 12.3. The minimum atomic E-state index is -0.171. The first-order chi connectivity index (χ1) is 14.9. The molecule has 1 amide bonds. The van der Waals surface area contributed by atoms with Gasteiger partial charge in [0.1, 0.15) is 0 Å². The number of carbonyl (C=O) groups is 1. The Morgan fingerprint density at radius 2 is 1.97 bits per heavy atom. The van der Waals surface area contributed by atoms with Gasteiger partial charge in [0.25, 0.3) is 0 Å². The van der Waals surface area contributed by atoms with Crippen molar-refractivity contribution in [3.8, 4) is 22.6 Å². The average Bonchev–Trinajstić information content (AvgIpc) is 3.34. The number of nitrogens with zero attached hydrogens (tertiary/aromatic N) is 4. The molecule has 0 saturated carbocycles. The Morgan fingerprint density at radius 3 is 2.71 bits per heavy atom. The molecule has 2 aromatic carbocycles. The van der Waals surface area contributed by atoms with Crippen molar-refractivity contribution in [2.24, 2.45) is 7.05 Å². The van der Waals surface area contributed by atoms with Crippen molar-refractivity contribution in [1.29, 1.82) is 0 Å². The number of aromatic nitrogens is 4. The molecule has 0 aliphatic carbocycles. The van der Waals surface area contributed by atoms with E-state index >= 15 is 0 Å². The summed E-state index contributed by atoms with van der Waals surface area (Å²) in [5, 5.41) is 15.3. The van der Waals surface area contributed by atoms with Gasteiger partial charge in [-0.2, -0.15) is 0 Å². The first kappa shape index (κ1) is 22.3. The second-order valence-electron chi connectivity index (χ2n) is 6.37. The van der Waals surface area contributed by atoms with E-state index in [1.807, 2.05) is 36.7 Å². The zero-order chi connectivity index (χ0) is 22.0. The number of halogens is 3. The maximum Gasteiger partial charge on any atom is 0.236 e. The van der Waals surface area contributed by atoms with Gasteiger partial charge >= 0.3 is 0 Å². The molecule has 158 valence electrons. The third-order valence-electron chi connectivity index (χ3n) is 4.23. The highest BCUT2D eigenvalue weighted by atomic mass is 79.9. The Hall–Kier alpha value is -1.91. The maximum absolute atomic E-state index is 12.4. The predicted molar refractivity (Wildman–Crippen MR) is 131 cm³/mol. The summed E-state index contributed by atoms with van der Waals surface area (Å²) in [5.41, 5.74) is 2.53. The van der Waals surface area contributed by atoms with Gasteiger partial charge in [-0.25, -0.2) is 4.98 Å². The van der Waals surface area contributed by atoms with E-state index in [1.165, 1.54) is 23.1 Å². The molecular formula is C20H14BrCl2N5OS2. The molecule has 0 aliphatic heterocycles. The van der Waals surface area contributed by atoms with Crippen LogP contribution < -0.4 is 5.32 Å². The quantitative estimate of drug-likeness (QED) is 0.279. The number of nitrogens with one attached hydrogen (secondary N) is 1. The van der Waals surface area contributed by atoms with E-state index in [1.54, 1.807) is 22.8 Å². The van der Waals surface area contributed by atoms with Crippen molar-refractivity contribution >= 4 is 73.3 Å². The van der Waals surface area contributed by atoms with Crippen LogP contribution in [0.3, 0.4) is 0 Å². The first-order valence-electron chi connectivity index (χ1n) is 8.89. The van der Waals surface area contributed by atoms with Crippen LogP contribution in [0.5, 0.6) is 0 Å². The van der Waals surface area contributed by atoms with Gasteiger partial charge < -0.3 is 9.88 Å². The average molecular weight is 555 g/mol. The number of rotatable bonds is 6. The fourth-order valence-corrected chi connectivity index (χ4v) is 4.92. The molecule has 0 spiro atoms. The predicted octanol–water partition coefficient (Wildman–Crippen LogP) is 6.41. The molecule has 0 fully saturated rings. The summed E-state index contributed by atoms with van der Waals surface area (Å²) in [6.45, 7) is 0. The summed E-state index contributed by atoms with van der Waals surface area (Å²) in [6, 6.07) is 13.0. The molecule has 6 nitrogen and oxygen atoms in total. The summed E-state index contributed by atoms with van der Waals surface area (Å²) in [7, 11) is 1.83. The summed E-state index contributed by atoms with van der Waals surface area (Å²) in [6.07, 6.45) is 0. The molecule has 0 unspecified atom stereocenters. The Morgan fingerprint density at radius 1 is 1.19 bits per heavy atom. The highest BCUT2D eigenvalue weighted by Crippen LogP contribution is 2.31. The topological polar surface area (TPSA) is 72.7 Å². The third-order valence-corrected chi connectivity index (χ3v) is 7.08. The Kier molecular flexibility index (Phi) is 6.98. The standard InChI is InChI=1S/C20H14BrCl2N5OS2/c1-28-18(14-7-6-13(22)8-15(14)23)26-27-20(28)31-10-17(29)25-19-24-16(9-30-19)11-2-4-12(21)5-3-11/h2-9H,10H2,1H3,(H,24,25,29). The van der Waals surface area contributed by atoms with Crippen LogP contribution >= 0.6 is 62.2 Å². The molecule has 0 saturated heterocycles. The number of thioether (sulfide) groups is 1. The number of amides is 1. The van der Waals surface area contributed by atoms with Gasteiger partial charge in [-0.15, -0.1) is 21.5 Å². The number of thiazole rings is 1. The fraction of sp³-hybridized carbons (Fsp3) is 0.100. The number of hydrogen-bond acceptors (Lipinski definition) is 6. The lowest BCUT2D eigenvalue weighted by Gasteiger charge is -2.06. The summed E-state index contributed by atoms with van der Waals surface area (Å²) in [5.74, 6) is 0.604. The summed E-state index contributed by atoms with van der Waals surface area (Å²) >= 11 is 18.3. The molecule has 0 radical (unpaired) electrons. The van der Waals surface area contributed by atoms with E-state index in [-0.39, 0.29) is 11.7 Å². The minimum Gasteiger partial charge on any atom is -0.305 e. The number of carbonyl (C=O) groups excluding carboxylic acids is 1. The van der Waals surface area contributed by atoms with Gasteiger partial charge in [0.15, 0.2) is 16.1 Å². The van der Waals surface area contributed by atoms with E-state index in [4.69, 9.17) is 23.2 Å². The van der Waals surface area contributed by atoms with Gasteiger partial charge in [-0.3, -0.25) is 4.79 Å². The number of benzene rings is 2. The lowest BCUT2D eigenvalue weighted by molar-refractivity contribution is -0.113. The van der Waals surface area contributed by atoms with Gasteiger partial charge in [0, 0.05) is 33.0 Å². The molecule has 31 heavy (non-hydrogen) atoms. The van der Waals surface area contributed by atoms with E-state index in [0.29, 0.717) is 26.2 Å². The van der Waals surface area contributed by atoms with Crippen molar-refractivity contribution in [1.82, 2.24) is 19.7 Å². The van der Waals surface area contributed by atoms with Crippen molar-refractivity contribution < 1.29 is 4.79 Å². The number of anilines is 1. The van der Waals surface area contributed by atoms with Crippen LogP contribution in [0.2, 0.25) is 10.0 Å². The van der Waals surface area contributed by atoms with Gasteiger partial charge in [0.05, 0.1) is 16.5 Å². The Labute approximate surface area is 205 Å². The molecule has 4 rings (SSSR count). The second-order valence-corrected chi connectivity index (χ2v) is 9.93. The van der Waals surface area contributed by atoms with E-state index in [9.17, 15) is 4.79 Å². The lowest BCUT2D eigenvalue weighted by Crippen LogP contribution is -2.14. The molecule has 2 aromatic heterocycles. The SMILES string of the molecule is Cn1c(SCC(=O)Nc2nc(-c3ccc(Br)cc3)cs2)nnc1-c1ccc(Cl)cc1Cl. The normalized spacial score (nSPS) is 11.0. The molecule has 0 bridgehead atoms. The van der Waals surface area contributed by atoms with Crippen LogP contribution in [-0.2, 0) is 11.8 Å². The van der Waals surface area contributed by atoms with Crippen LogP contribution in [0, 0.1) is 0 Å². The Bertz CT molecular complexity index is 1240. The van der Waals surface area contributed by atoms with Crippen LogP contribution in [0.4, 0.5) is 5.13 Å². The lowest BCUT2D eigenvalue weighted by atomic mass is 10.2. The maximum atomic E-state index is 12.4. The molecule has 0 atom stereocenters. The molecule has 0 aliphatic rings. The highest BCUT2D eigenvalue weighted by Gasteiger charge is 2.16. The second kappa shape index (κ2) is 9.70. The smallest absolute Gasteiger partial charge is 0.236 e.